The monoisotopic (exact) mass is 399 g/mol. The molecule has 146 valence electrons. The van der Waals surface area contributed by atoms with Crippen molar-refractivity contribution in [3.05, 3.63) is 47.5 Å². The van der Waals surface area contributed by atoms with Gasteiger partial charge in [-0.1, -0.05) is 12.1 Å². The van der Waals surface area contributed by atoms with E-state index < -0.39 is 57.4 Å². The Morgan fingerprint density at radius 2 is 1.88 bits per heavy atom. The molecule has 0 aliphatic carbocycles. The molecule has 0 aliphatic heterocycles. The van der Waals surface area contributed by atoms with Crippen LogP contribution in [-0.4, -0.2) is 33.0 Å². The van der Waals surface area contributed by atoms with Gasteiger partial charge in [-0.15, -0.1) is 4.72 Å². The van der Waals surface area contributed by atoms with Crippen LogP contribution in [0.2, 0.25) is 0 Å². The van der Waals surface area contributed by atoms with Crippen LogP contribution in [0.1, 0.15) is 26.3 Å². The standard InChI is InChI=1S/C16H18F5NO3S/c1-14(2,3)26(25)22-15(9-17,16(20,21)8-7-12(23)24)10-5-4-6-11(18)13(10)19/h4-8,22H,9H2,1-3H3,(H,23,24)/t15?,26-/m1/s1. The second-order valence-corrected chi connectivity index (χ2v) is 8.38. The minimum atomic E-state index is -4.37. The summed E-state index contributed by atoms with van der Waals surface area (Å²) in [5, 5.41) is 8.57. The van der Waals surface area contributed by atoms with Gasteiger partial charge in [-0.3, -0.25) is 0 Å². The number of carbonyl (C=O) groups is 1. The fourth-order valence-electron chi connectivity index (χ4n) is 1.95. The van der Waals surface area contributed by atoms with Crippen molar-refractivity contribution < 1.29 is 36.4 Å². The number of rotatable bonds is 7. The average Bonchev–Trinajstić information content (AvgIpc) is 2.52. The topological polar surface area (TPSA) is 72.4 Å². The van der Waals surface area contributed by atoms with Gasteiger partial charge in [-0.05, 0) is 32.9 Å². The highest BCUT2D eigenvalue weighted by atomic mass is 32.2. The molecule has 0 heterocycles. The molecule has 1 aromatic carbocycles. The maximum atomic E-state index is 14.8. The van der Waals surface area contributed by atoms with Crippen LogP contribution in [0.25, 0.3) is 0 Å². The number of hydrogen-bond donors (Lipinski definition) is 2. The summed E-state index contributed by atoms with van der Waals surface area (Å²) in [7, 11) is 0. The van der Waals surface area contributed by atoms with Crippen LogP contribution in [0.15, 0.2) is 30.4 Å². The maximum absolute atomic E-state index is 14.8. The molecule has 1 unspecified atom stereocenters. The summed E-state index contributed by atoms with van der Waals surface area (Å²) >= 11 is -2.32. The van der Waals surface area contributed by atoms with Gasteiger partial charge in [0.25, 0.3) is 5.92 Å². The molecule has 0 radical (unpaired) electrons. The summed E-state index contributed by atoms with van der Waals surface area (Å²) in [6, 6.07) is 2.25. The van der Waals surface area contributed by atoms with E-state index >= 15 is 0 Å². The lowest BCUT2D eigenvalue weighted by Gasteiger charge is -2.39. The van der Waals surface area contributed by atoms with Gasteiger partial charge in [0.2, 0.25) is 0 Å². The molecule has 0 amide bonds. The van der Waals surface area contributed by atoms with Crippen LogP contribution in [0, 0.1) is 11.6 Å². The smallest absolute Gasteiger partial charge is 0.328 e. The molecule has 26 heavy (non-hydrogen) atoms. The first-order valence-electron chi connectivity index (χ1n) is 7.28. The number of carboxylic acid groups (broad SMARTS) is 1. The number of halogens is 5. The molecule has 0 bridgehead atoms. The first-order valence-corrected chi connectivity index (χ1v) is 8.43. The normalized spacial score (nSPS) is 16.5. The molecule has 0 aromatic heterocycles. The third-order valence-corrected chi connectivity index (χ3v) is 5.09. The summed E-state index contributed by atoms with van der Waals surface area (Å²) in [4.78, 5) is 10.6. The van der Waals surface area contributed by atoms with Crippen LogP contribution in [0.5, 0.6) is 0 Å². The quantitative estimate of drug-likeness (QED) is 0.419. The Morgan fingerprint density at radius 3 is 2.35 bits per heavy atom. The van der Waals surface area contributed by atoms with Gasteiger partial charge in [0.1, 0.15) is 11.4 Å². The summed E-state index contributed by atoms with van der Waals surface area (Å²) in [5.41, 5.74) is -4.40. The van der Waals surface area contributed by atoms with E-state index in [4.69, 9.17) is 5.11 Å². The van der Waals surface area contributed by atoms with Gasteiger partial charge in [0, 0.05) is 23.0 Å². The third-order valence-electron chi connectivity index (χ3n) is 3.44. The Labute approximate surface area is 150 Å². The van der Waals surface area contributed by atoms with Crippen LogP contribution < -0.4 is 4.72 Å². The molecule has 1 aromatic rings. The van der Waals surface area contributed by atoms with Crippen molar-refractivity contribution in [2.75, 3.05) is 6.67 Å². The van der Waals surface area contributed by atoms with Gasteiger partial charge in [0.05, 0.1) is 0 Å². The minimum absolute atomic E-state index is 0.0449. The minimum Gasteiger partial charge on any atom is -0.598 e. The van der Waals surface area contributed by atoms with Gasteiger partial charge in [-0.2, -0.15) is 8.78 Å². The second-order valence-electron chi connectivity index (χ2n) is 6.42. The number of nitrogens with one attached hydrogen (secondary N) is 1. The van der Waals surface area contributed by atoms with Crippen molar-refractivity contribution >= 4 is 17.3 Å². The van der Waals surface area contributed by atoms with Crippen LogP contribution in [0.3, 0.4) is 0 Å². The first kappa shape index (κ1) is 22.4. The highest BCUT2D eigenvalue weighted by Crippen LogP contribution is 2.42. The van der Waals surface area contributed by atoms with E-state index in [1.165, 1.54) is 20.8 Å². The number of aliphatic carboxylic acids is 1. The molecule has 0 fully saturated rings. The Bertz CT molecular complexity index is 693. The van der Waals surface area contributed by atoms with E-state index in [-0.39, 0.29) is 12.2 Å². The largest absolute Gasteiger partial charge is 0.598 e. The molecule has 10 heteroatoms. The van der Waals surface area contributed by atoms with E-state index in [0.29, 0.717) is 12.1 Å². The van der Waals surface area contributed by atoms with Crippen LogP contribution in [-0.2, 0) is 21.7 Å². The number of carboxylic acids is 1. The van der Waals surface area contributed by atoms with Gasteiger partial charge < -0.3 is 9.66 Å². The lowest BCUT2D eigenvalue weighted by atomic mass is 9.84. The lowest BCUT2D eigenvalue weighted by Crippen LogP contribution is -2.61. The molecular weight excluding hydrogens is 381 g/mol. The second kappa shape index (κ2) is 7.93. The lowest BCUT2D eigenvalue weighted by molar-refractivity contribution is -0.131. The van der Waals surface area contributed by atoms with Crippen molar-refractivity contribution in [1.82, 2.24) is 4.72 Å². The Hall–Kier alpha value is -1.65. The van der Waals surface area contributed by atoms with E-state index in [1.54, 1.807) is 0 Å². The van der Waals surface area contributed by atoms with Crippen LogP contribution in [0.4, 0.5) is 22.0 Å². The summed E-state index contributed by atoms with van der Waals surface area (Å²) in [6.45, 7) is 2.19. The summed E-state index contributed by atoms with van der Waals surface area (Å²) in [6.07, 6.45) is -0.116. The molecule has 0 saturated heterocycles. The fourth-order valence-corrected chi connectivity index (χ4v) is 2.88. The molecule has 1 rings (SSSR count). The Balaban J connectivity index is 3.68. The SMILES string of the molecule is CC(C)(C)[S@@+]([O-])NC(CF)(c1cccc(F)c1F)C(F)(F)C=CC(=O)O. The number of benzene rings is 1. The summed E-state index contributed by atoms with van der Waals surface area (Å²) in [5.74, 6) is -9.39. The molecule has 2 atom stereocenters. The molecular formula is C16H18F5NO3S. The van der Waals surface area contributed by atoms with E-state index in [9.17, 15) is 31.3 Å². The predicted octanol–water partition coefficient (Wildman–Crippen LogP) is 3.46. The van der Waals surface area contributed by atoms with Gasteiger partial charge >= 0.3 is 5.97 Å². The van der Waals surface area contributed by atoms with Gasteiger partial charge in [0.15, 0.2) is 17.2 Å². The third kappa shape index (κ3) is 4.54. The Morgan fingerprint density at radius 1 is 1.31 bits per heavy atom. The van der Waals surface area contributed by atoms with Crippen LogP contribution >= 0.6 is 0 Å². The highest BCUT2D eigenvalue weighted by Gasteiger charge is 2.59. The highest BCUT2D eigenvalue weighted by molar-refractivity contribution is 7.90. The summed E-state index contributed by atoms with van der Waals surface area (Å²) < 4.78 is 84.3. The zero-order valence-electron chi connectivity index (χ0n) is 14.2. The number of alkyl halides is 3. The van der Waals surface area contributed by atoms with Crippen molar-refractivity contribution in [3.8, 4) is 0 Å². The van der Waals surface area contributed by atoms with Crippen molar-refractivity contribution in [1.29, 1.82) is 0 Å². The van der Waals surface area contributed by atoms with Crippen molar-refractivity contribution in [2.45, 2.75) is 37.0 Å². The zero-order valence-corrected chi connectivity index (χ0v) is 15.0. The van der Waals surface area contributed by atoms with E-state index in [1.807, 2.05) is 4.72 Å². The Kier molecular flexibility index (Phi) is 6.83. The predicted molar refractivity (Wildman–Crippen MR) is 86.8 cm³/mol. The maximum Gasteiger partial charge on any atom is 0.328 e. The van der Waals surface area contributed by atoms with E-state index in [2.05, 4.69) is 0 Å². The zero-order chi connectivity index (χ0) is 20.3. The molecule has 0 aliphatic rings. The average molecular weight is 399 g/mol. The van der Waals surface area contributed by atoms with Crippen molar-refractivity contribution in [2.24, 2.45) is 0 Å². The molecule has 4 nitrogen and oxygen atoms in total. The fraction of sp³-hybridized carbons (Fsp3) is 0.438. The molecule has 0 spiro atoms. The molecule has 2 N–H and O–H groups in total. The first-order chi connectivity index (χ1) is 11.8. The van der Waals surface area contributed by atoms with Crippen molar-refractivity contribution in [3.63, 3.8) is 0 Å². The van der Waals surface area contributed by atoms with Gasteiger partial charge in [-0.25, -0.2) is 18.0 Å². The molecule has 0 saturated carbocycles. The number of hydrogen-bond acceptors (Lipinski definition) is 3. The van der Waals surface area contributed by atoms with E-state index in [0.717, 1.165) is 6.07 Å².